The summed E-state index contributed by atoms with van der Waals surface area (Å²) in [5, 5.41) is 1.31. The summed E-state index contributed by atoms with van der Waals surface area (Å²) in [6, 6.07) is 5.97. The maximum atomic E-state index is 6.05. The first-order valence-electron chi connectivity index (χ1n) is 7.03. The Kier molecular flexibility index (Phi) is 4.16. The van der Waals surface area contributed by atoms with Crippen LogP contribution in [0, 0.1) is 11.8 Å². The van der Waals surface area contributed by atoms with Crippen molar-refractivity contribution in [2.75, 3.05) is 19.6 Å². The highest BCUT2D eigenvalue weighted by atomic mass is 35.5. The van der Waals surface area contributed by atoms with Gasteiger partial charge in [0.25, 0.3) is 0 Å². The SMILES string of the molecule is Clc1ccc(CCN2C[C@H]3CC=CC[C@H]3C2)cc1Cl. The van der Waals surface area contributed by atoms with Crippen LogP contribution in [0.2, 0.25) is 10.0 Å². The Balaban J connectivity index is 1.54. The normalized spacial score (nSPS) is 26.6. The lowest BCUT2D eigenvalue weighted by atomic mass is 9.86. The maximum Gasteiger partial charge on any atom is 0.0595 e. The highest BCUT2D eigenvalue weighted by Gasteiger charge is 2.32. The molecule has 0 bridgehead atoms. The minimum Gasteiger partial charge on any atom is -0.302 e. The molecule has 3 heteroatoms. The molecule has 1 nitrogen and oxygen atoms in total. The molecule has 0 aromatic heterocycles. The van der Waals surface area contributed by atoms with Gasteiger partial charge in [0.1, 0.15) is 0 Å². The van der Waals surface area contributed by atoms with Crippen molar-refractivity contribution >= 4 is 23.2 Å². The Morgan fingerprint density at radius 3 is 2.32 bits per heavy atom. The Morgan fingerprint density at radius 1 is 1.00 bits per heavy atom. The quantitative estimate of drug-likeness (QED) is 0.746. The van der Waals surface area contributed by atoms with Gasteiger partial charge in [0.15, 0.2) is 0 Å². The third-order valence-electron chi connectivity index (χ3n) is 4.40. The smallest absolute Gasteiger partial charge is 0.0595 e. The Hall–Kier alpha value is -0.500. The van der Waals surface area contributed by atoms with Gasteiger partial charge in [-0.1, -0.05) is 41.4 Å². The van der Waals surface area contributed by atoms with E-state index in [0.29, 0.717) is 10.0 Å². The minimum absolute atomic E-state index is 0.642. The van der Waals surface area contributed by atoms with Gasteiger partial charge in [0.05, 0.1) is 10.0 Å². The van der Waals surface area contributed by atoms with Crippen molar-refractivity contribution in [2.45, 2.75) is 19.3 Å². The van der Waals surface area contributed by atoms with Crippen molar-refractivity contribution in [3.8, 4) is 0 Å². The molecular formula is C16H19Cl2N. The summed E-state index contributed by atoms with van der Waals surface area (Å²) >= 11 is 12.0. The summed E-state index contributed by atoms with van der Waals surface area (Å²) < 4.78 is 0. The van der Waals surface area contributed by atoms with E-state index in [1.165, 1.54) is 31.5 Å². The molecule has 1 aromatic rings. The summed E-state index contributed by atoms with van der Waals surface area (Å²) in [5.41, 5.74) is 1.28. The minimum atomic E-state index is 0.642. The average Bonchev–Trinajstić information content (AvgIpc) is 2.83. The van der Waals surface area contributed by atoms with Gasteiger partial charge in [-0.05, 0) is 48.8 Å². The lowest BCUT2D eigenvalue weighted by molar-refractivity contribution is 0.326. The largest absolute Gasteiger partial charge is 0.302 e. The third-order valence-corrected chi connectivity index (χ3v) is 5.14. The summed E-state index contributed by atoms with van der Waals surface area (Å²) in [6.07, 6.45) is 8.30. The molecule has 1 aromatic carbocycles. The molecule has 2 aliphatic rings. The Bertz CT molecular complexity index is 468. The van der Waals surface area contributed by atoms with E-state index in [4.69, 9.17) is 23.2 Å². The Labute approximate surface area is 125 Å². The van der Waals surface area contributed by atoms with Crippen LogP contribution in [-0.2, 0) is 6.42 Å². The van der Waals surface area contributed by atoms with E-state index in [1.807, 2.05) is 12.1 Å². The first-order chi connectivity index (χ1) is 9.22. The van der Waals surface area contributed by atoms with Gasteiger partial charge in [-0.25, -0.2) is 0 Å². The van der Waals surface area contributed by atoms with Crippen LogP contribution in [0.25, 0.3) is 0 Å². The lowest BCUT2D eigenvalue weighted by Gasteiger charge is -2.18. The molecule has 0 unspecified atom stereocenters. The topological polar surface area (TPSA) is 3.24 Å². The van der Waals surface area contributed by atoms with Gasteiger partial charge in [0.2, 0.25) is 0 Å². The number of hydrogen-bond donors (Lipinski definition) is 0. The highest BCUT2D eigenvalue weighted by molar-refractivity contribution is 6.42. The number of benzene rings is 1. The molecule has 102 valence electrons. The maximum absolute atomic E-state index is 6.05. The third kappa shape index (κ3) is 3.16. The standard InChI is InChI=1S/C16H19Cl2N/c17-15-6-5-12(9-16(15)18)7-8-19-10-13-3-1-2-4-14(13)11-19/h1-2,5-6,9,13-14H,3-4,7-8,10-11H2/t13-,14+. The summed E-state index contributed by atoms with van der Waals surface area (Å²) in [7, 11) is 0. The first-order valence-corrected chi connectivity index (χ1v) is 7.79. The van der Waals surface area contributed by atoms with Gasteiger partial charge in [-0.15, -0.1) is 0 Å². The zero-order valence-corrected chi connectivity index (χ0v) is 12.5. The van der Waals surface area contributed by atoms with Crippen molar-refractivity contribution in [1.29, 1.82) is 0 Å². The van der Waals surface area contributed by atoms with E-state index in [1.54, 1.807) is 0 Å². The molecule has 3 rings (SSSR count). The molecule has 0 amide bonds. The summed E-state index contributed by atoms with van der Waals surface area (Å²) in [4.78, 5) is 2.60. The first kappa shape index (κ1) is 13.5. The monoisotopic (exact) mass is 295 g/mol. The van der Waals surface area contributed by atoms with Crippen LogP contribution in [-0.4, -0.2) is 24.5 Å². The molecule has 0 saturated carbocycles. The highest BCUT2D eigenvalue weighted by Crippen LogP contribution is 2.32. The Morgan fingerprint density at radius 2 is 1.68 bits per heavy atom. The van der Waals surface area contributed by atoms with Crippen molar-refractivity contribution in [2.24, 2.45) is 11.8 Å². The number of hydrogen-bond acceptors (Lipinski definition) is 1. The molecule has 2 atom stereocenters. The summed E-state index contributed by atoms with van der Waals surface area (Å²) in [6.45, 7) is 3.65. The molecule has 0 spiro atoms. The van der Waals surface area contributed by atoms with Crippen LogP contribution in [0.15, 0.2) is 30.4 Å². The fourth-order valence-corrected chi connectivity index (χ4v) is 3.60. The molecular weight excluding hydrogens is 277 g/mol. The van der Waals surface area contributed by atoms with Crippen LogP contribution >= 0.6 is 23.2 Å². The van der Waals surface area contributed by atoms with Crippen molar-refractivity contribution in [3.05, 3.63) is 46.0 Å². The number of rotatable bonds is 3. The van der Waals surface area contributed by atoms with E-state index in [2.05, 4.69) is 23.1 Å². The number of nitrogens with zero attached hydrogens (tertiary/aromatic N) is 1. The van der Waals surface area contributed by atoms with Gasteiger partial charge in [-0.2, -0.15) is 0 Å². The number of halogens is 2. The number of allylic oxidation sites excluding steroid dienone is 2. The predicted octanol–water partition coefficient (Wildman–Crippen LogP) is 4.43. The van der Waals surface area contributed by atoms with Crippen molar-refractivity contribution in [3.63, 3.8) is 0 Å². The molecule has 1 saturated heterocycles. The number of likely N-dealkylation sites (tertiary alicyclic amines) is 1. The second kappa shape index (κ2) is 5.87. The zero-order valence-electron chi connectivity index (χ0n) is 11.0. The lowest BCUT2D eigenvalue weighted by Crippen LogP contribution is -2.23. The fraction of sp³-hybridized carbons (Fsp3) is 0.500. The molecule has 1 heterocycles. The van der Waals surface area contributed by atoms with Gasteiger partial charge >= 0.3 is 0 Å². The molecule has 0 N–H and O–H groups in total. The average molecular weight is 296 g/mol. The molecule has 1 aliphatic heterocycles. The van der Waals surface area contributed by atoms with E-state index in [9.17, 15) is 0 Å². The van der Waals surface area contributed by atoms with Crippen LogP contribution in [0.3, 0.4) is 0 Å². The molecule has 19 heavy (non-hydrogen) atoms. The molecule has 0 radical (unpaired) electrons. The second-order valence-electron chi connectivity index (χ2n) is 5.72. The van der Waals surface area contributed by atoms with E-state index in [-0.39, 0.29) is 0 Å². The van der Waals surface area contributed by atoms with Crippen LogP contribution in [0.4, 0.5) is 0 Å². The molecule has 1 fully saturated rings. The zero-order chi connectivity index (χ0) is 13.2. The number of fused-ring (bicyclic) bond motifs is 1. The van der Waals surface area contributed by atoms with E-state index < -0.39 is 0 Å². The van der Waals surface area contributed by atoms with Crippen LogP contribution in [0.5, 0.6) is 0 Å². The van der Waals surface area contributed by atoms with E-state index in [0.717, 1.165) is 24.8 Å². The fourth-order valence-electron chi connectivity index (χ4n) is 3.28. The van der Waals surface area contributed by atoms with Crippen LogP contribution < -0.4 is 0 Å². The van der Waals surface area contributed by atoms with Crippen molar-refractivity contribution < 1.29 is 0 Å². The van der Waals surface area contributed by atoms with Gasteiger partial charge in [0, 0.05) is 19.6 Å². The summed E-state index contributed by atoms with van der Waals surface area (Å²) in [5.74, 6) is 1.78. The van der Waals surface area contributed by atoms with Gasteiger partial charge in [-0.3, -0.25) is 0 Å². The van der Waals surface area contributed by atoms with Crippen molar-refractivity contribution in [1.82, 2.24) is 4.90 Å². The second-order valence-corrected chi connectivity index (χ2v) is 6.54. The van der Waals surface area contributed by atoms with E-state index >= 15 is 0 Å². The van der Waals surface area contributed by atoms with Gasteiger partial charge < -0.3 is 4.90 Å². The predicted molar refractivity (Wildman–Crippen MR) is 82.0 cm³/mol. The van der Waals surface area contributed by atoms with Crippen LogP contribution in [0.1, 0.15) is 18.4 Å². The molecule has 1 aliphatic carbocycles.